The number of benzene rings is 1. The predicted molar refractivity (Wildman–Crippen MR) is 96.7 cm³/mol. The van der Waals surface area contributed by atoms with Gasteiger partial charge in [0.2, 0.25) is 0 Å². The first kappa shape index (κ1) is 17.2. The van der Waals surface area contributed by atoms with E-state index in [1.54, 1.807) is 21.0 Å². The molecule has 0 saturated carbocycles. The molecule has 0 amide bonds. The van der Waals surface area contributed by atoms with Gasteiger partial charge in [0.15, 0.2) is 0 Å². The molecule has 1 N–H and O–H groups in total. The van der Waals surface area contributed by atoms with Gasteiger partial charge in [-0.3, -0.25) is 4.79 Å². The standard InChI is InChI=1S/C18H18N2O4S/c1-4-24-18(22)15-10(2)14-16(21)19-13(20-17(14)25-15)9-11-6-5-7-12(8-11)23-3/h5-8H,4,9H2,1-3H3,(H,19,20,21). The van der Waals surface area contributed by atoms with Gasteiger partial charge in [0, 0.05) is 6.42 Å². The summed E-state index contributed by atoms with van der Waals surface area (Å²) in [5.41, 5.74) is 1.34. The lowest BCUT2D eigenvalue weighted by atomic mass is 10.1. The van der Waals surface area contributed by atoms with Crippen LogP contribution in [0.15, 0.2) is 29.1 Å². The maximum atomic E-state index is 12.5. The zero-order chi connectivity index (χ0) is 18.0. The number of carbonyl (C=O) groups excluding carboxylic acids is 1. The van der Waals surface area contributed by atoms with Crippen LogP contribution in [0, 0.1) is 6.92 Å². The molecule has 1 aromatic carbocycles. The molecule has 0 saturated heterocycles. The Balaban J connectivity index is 2.01. The third-order valence-corrected chi connectivity index (χ3v) is 4.98. The molecule has 7 heteroatoms. The number of ether oxygens (including phenoxy) is 2. The predicted octanol–water partition coefficient (Wildman–Crippen LogP) is 3.07. The summed E-state index contributed by atoms with van der Waals surface area (Å²) < 4.78 is 10.3. The number of methoxy groups -OCH3 is 1. The summed E-state index contributed by atoms with van der Waals surface area (Å²) in [6.45, 7) is 3.78. The molecule has 0 aliphatic heterocycles. The summed E-state index contributed by atoms with van der Waals surface area (Å²) in [7, 11) is 1.61. The molecule has 2 heterocycles. The second-order valence-electron chi connectivity index (χ2n) is 5.50. The van der Waals surface area contributed by atoms with Gasteiger partial charge in [-0.1, -0.05) is 12.1 Å². The number of nitrogens with one attached hydrogen (secondary N) is 1. The maximum Gasteiger partial charge on any atom is 0.348 e. The zero-order valence-electron chi connectivity index (χ0n) is 14.2. The minimum Gasteiger partial charge on any atom is -0.497 e. The summed E-state index contributed by atoms with van der Waals surface area (Å²) in [4.78, 5) is 32.8. The summed E-state index contributed by atoms with van der Waals surface area (Å²) in [5.74, 6) is 0.872. The Morgan fingerprint density at radius 2 is 2.16 bits per heavy atom. The van der Waals surface area contributed by atoms with E-state index in [2.05, 4.69) is 9.97 Å². The van der Waals surface area contributed by atoms with Crippen molar-refractivity contribution in [3.05, 3.63) is 56.4 Å². The van der Waals surface area contributed by atoms with Crippen LogP contribution in [0.3, 0.4) is 0 Å². The lowest BCUT2D eigenvalue weighted by Crippen LogP contribution is -2.12. The van der Waals surface area contributed by atoms with Crippen molar-refractivity contribution < 1.29 is 14.3 Å². The van der Waals surface area contributed by atoms with Crippen molar-refractivity contribution in [1.82, 2.24) is 9.97 Å². The van der Waals surface area contributed by atoms with Gasteiger partial charge in [0.1, 0.15) is 21.3 Å². The molecule has 0 aliphatic carbocycles. The number of esters is 1. The molecule has 0 unspecified atom stereocenters. The second kappa shape index (κ2) is 7.06. The molecule has 2 aromatic heterocycles. The SMILES string of the molecule is CCOC(=O)c1sc2nc(Cc3cccc(OC)c3)[nH]c(=O)c2c1C. The van der Waals surface area contributed by atoms with E-state index in [-0.39, 0.29) is 12.2 Å². The Morgan fingerprint density at radius 1 is 1.36 bits per heavy atom. The Labute approximate surface area is 148 Å². The molecule has 0 fully saturated rings. The summed E-state index contributed by atoms with van der Waals surface area (Å²) in [6, 6.07) is 7.58. The fraction of sp³-hybridized carbons (Fsp3) is 0.278. The number of aryl methyl sites for hydroxylation is 1. The summed E-state index contributed by atoms with van der Waals surface area (Å²) in [5, 5.41) is 0.447. The van der Waals surface area contributed by atoms with Crippen molar-refractivity contribution in [2.45, 2.75) is 20.3 Å². The van der Waals surface area contributed by atoms with Crippen LogP contribution in [-0.4, -0.2) is 29.7 Å². The van der Waals surface area contributed by atoms with Crippen molar-refractivity contribution in [1.29, 1.82) is 0 Å². The van der Waals surface area contributed by atoms with E-state index in [0.717, 1.165) is 11.3 Å². The Kier molecular flexibility index (Phi) is 4.85. The van der Waals surface area contributed by atoms with E-state index in [4.69, 9.17) is 9.47 Å². The van der Waals surface area contributed by atoms with Crippen molar-refractivity contribution in [3.63, 3.8) is 0 Å². The highest BCUT2D eigenvalue weighted by Gasteiger charge is 2.20. The van der Waals surface area contributed by atoms with Crippen LogP contribution in [-0.2, 0) is 11.2 Å². The Bertz CT molecular complexity index is 990. The average molecular weight is 358 g/mol. The third-order valence-electron chi connectivity index (χ3n) is 3.82. The lowest BCUT2D eigenvalue weighted by molar-refractivity contribution is 0.0531. The molecule has 130 valence electrons. The zero-order valence-corrected chi connectivity index (χ0v) is 15.0. The van der Waals surface area contributed by atoms with Gasteiger partial charge < -0.3 is 14.5 Å². The number of carbonyl (C=O) groups is 1. The highest BCUT2D eigenvalue weighted by molar-refractivity contribution is 7.20. The van der Waals surface area contributed by atoms with Gasteiger partial charge in [0.25, 0.3) is 5.56 Å². The number of rotatable bonds is 5. The minimum absolute atomic E-state index is 0.243. The lowest BCUT2D eigenvalue weighted by Gasteiger charge is -2.04. The first-order valence-corrected chi connectivity index (χ1v) is 8.67. The van der Waals surface area contributed by atoms with E-state index in [9.17, 15) is 9.59 Å². The monoisotopic (exact) mass is 358 g/mol. The average Bonchev–Trinajstić information content (AvgIpc) is 2.92. The van der Waals surface area contributed by atoms with Crippen molar-refractivity contribution in [2.75, 3.05) is 13.7 Å². The molecule has 0 aliphatic rings. The van der Waals surface area contributed by atoms with Crippen LogP contribution in [0.5, 0.6) is 5.75 Å². The van der Waals surface area contributed by atoms with E-state index < -0.39 is 5.97 Å². The molecule has 0 bridgehead atoms. The van der Waals surface area contributed by atoms with Gasteiger partial charge in [-0.05, 0) is 37.1 Å². The Morgan fingerprint density at radius 3 is 2.88 bits per heavy atom. The van der Waals surface area contributed by atoms with Gasteiger partial charge in [-0.2, -0.15) is 0 Å². The van der Waals surface area contributed by atoms with Crippen LogP contribution >= 0.6 is 11.3 Å². The molecular weight excluding hydrogens is 340 g/mol. The number of nitrogens with zero attached hydrogens (tertiary/aromatic N) is 1. The molecular formula is C18H18N2O4S. The van der Waals surface area contributed by atoms with Gasteiger partial charge in [0.05, 0.1) is 19.1 Å². The highest BCUT2D eigenvalue weighted by Crippen LogP contribution is 2.28. The van der Waals surface area contributed by atoms with Gasteiger partial charge in [-0.15, -0.1) is 11.3 Å². The topological polar surface area (TPSA) is 81.3 Å². The molecule has 0 radical (unpaired) electrons. The normalized spacial score (nSPS) is 10.8. The summed E-state index contributed by atoms with van der Waals surface area (Å²) >= 11 is 1.19. The minimum atomic E-state index is -0.420. The fourth-order valence-corrected chi connectivity index (χ4v) is 3.73. The fourth-order valence-electron chi connectivity index (χ4n) is 2.64. The number of thiophene rings is 1. The van der Waals surface area contributed by atoms with Crippen LogP contribution in [0.1, 0.15) is 33.5 Å². The van der Waals surface area contributed by atoms with Crippen LogP contribution in [0.25, 0.3) is 10.2 Å². The van der Waals surface area contributed by atoms with Crippen LogP contribution in [0.4, 0.5) is 0 Å². The Hall–Kier alpha value is -2.67. The number of hydrogen-bond donors (Lipinski definition) is 1. The highest BCUT2D eigenvalue weighted by atomic mass is 32.1. The van der Waals surface area contributed by atoms with Crippen molar-refractivity contribution >= 4 is 27.5 Å². The van der Waals surface area contributed by atoms with E-state index in [1.165, 1.54) is 11.3 Å². The molecule has 25 heavy (non-hydrogen) atoms. The summed E-state index contributed by atoms with van der Waals surface area (Å²) in [6.07, 6.45) is 0.466. The second-order valence-corrected chi connectivity index (χ2v) is 6.50. The first-order chi connectivity index (χ1) is 12.0. The quantitative estimate of drug-likeness (QED) is 0.709. The first-order valence-electron chi connectivity index (χ1n) is 7.85. The molecule has 3 rings (SSSR count). The molecule has 3 aromatic rings. The van der Waals surface area contributed by atoms with Crippen LogP contribution < -0.4 is 10.3 Å². The largest absolute Gasteiger partial charge is 0.497 e. The number of H-pyrrole nitrogens is 1. The van der Waals surface area contributed by atoms with Crippen LogP contribution in [0.2, 0.25) is 0 Å². The smallest absolute Gasteiger partial charge is 0.348 e. The maximum absolute atomic E-state index is 12.5. The van der Waals surface area contributed by atoms with Crippen molar-refractivity contribution in [2.24, 2.45) is 0 Å². The molecule has 0 atom stereocenters. The van der Waals surface area contributed by atoms with E-state index >= 15 is 0 Å². The van der Waals surface area contributed by atoms with Gasteiger partial charge in [-0.25, -0.2) is 9.78 Å². The van der Waals surface area contributed by atoms with E-state index in [1.807, 2.05) is 24.3 Å². The van der Waals surface area contributed by atoms with Gasteiger partial charge >= 0.3 is 5.97 Å². The molecule has 6 nitrogen and oxygen atoms in total. The number of aromatic amines is 1. The number of hydrogen-bond acceptors (Lipinski definition) is 6. The third kappa shape index (κ3) is 3.41. The number of fused-ring (bicyclic) bond motifs is 1. The van der Waals surface area contributed by atoms with E-state index in [0.29, 0.717) is 32.9 Å². The molecule has 0 spiro atoms. The number of aromatic nitrogens is 2. The van der Waals surface area contributed by atoms with Crippen molar-refractivity contribution in [3.8, 4) is 5.75 Å².